The number of fused-ring (bicyclic) bond motifs is 3. The first-order valence-corrected chi connectivity index (χ1v) is 11.1. The minimum absolute atomic E-state index is 0.0144. The number of carbonyl (C=O) groups is 1. The average Bonchev–Trinajstić information content (AvgIpc) is 3.15. The number of aryl methyl sites for hydroxylation is 1. The summed E-state index contributed by atoms with van der Waals surface area (Å²) in [4.78, 5) is 15.0. The Morgan fingerprint density at radius 2 is 1.53 bits per heavy atom. The molecule has 1 saturated heterocycles. The van der Waals surface area contributed by atoms with E-state index in [1.54, 1.807) is 0 Å². The second kappa shape index (κ2) is 7.90. The molecule has 9 heteroatoms. The van der Waals surface area contributed by atoms with E-state index in [1.807, 2.05) is 4.90 Å². The molecule has 0 N–H and O–H groups in total. The summed E-state index contributed by atoms with van der Waals surface area (Å²) in [6, 6.07) is 2.56. The van der Waals surface area contributed by atoms with Gasteiger partial charge in [-0.2, -0.15) is 26.3 Å². The van der Waals surface area contributed by atoms with Gasteiger partial charge in [-0.05, 0) is 67.4 Å². The number of benzene rings is 1. The van der Waals surface area contributed by atoms with Crippen molar-refractivity contribution >= 4 is 5.91 Å². The fourth-order valence-corrected chi connectivity index (χ4v) is 5.83. The van der Waals surface area contributed by atoms with Crippen molar-refractivity contribution in [3.8, 4) is 0 Å². The van der Waals surface area contributed by atoms with E-state index in [2.05, 4.69) is 6.92 Å². The zero-order chi connectivity index (χ0) is 23.5. The van der Waals surface area contributed by atoms with Crippen molar-refractivity contribution in [2.75, 3.05) is 13.1 Å². The predicted molar refractivity (Wildman–Crippen MR) is 104 cm³/mol. The maximum Gasteiger partial charge on any atom is 0.435 e. The zero-order valence-electron chi connectivity index (χ0n) is 17.7. The highest BCUT2D eigenvalue weighted by Crippen LogP contribution is 2.55. The topological polar surface area (TPSA) is 20.3 Å². The monoisotopic (exact) mass is 465 g/mol. The lowest BCUT2D eigenvalue weighted by molar-refractivity contribution is -0.348. The smallest absolute Gasteiger partial charge is 0.342 e. The van der Waals surface area contributed by atoms with Crippen molar-refractivity contribution in [1.82, 2.24) is 4.90 Å². The molecule has 1 amide bonds. The van der Waals surface area contributed by atoms with Crippen LogP contribution in [0.4, 0.5) is 30.7 Å². The second-order valence-electron chi connectivity index (χ2n) is 9.57. The van der Waals surface area contributed by atoms with Gasteiger partial charge in [-0.1, -0.05) is 25.1 Å². The van der Waals surface area contributed by atoms with Crippen LogP contribution < -0.4 is 0 Å². The van der Waals surface area contributed by atoms with Crippen LogP contribution in [-0.2, 0) is 16.9 Å². The molecule has 1 aromatic rings. The molecular formula is C23H26F7NO. The van der Waals surface area contributed by atoms with E-state index in [9.17, 15) is 35.5 Å². The fraction of sp³-hybridized carbons (Fsp3) is 0.696. The molecule has 3 aliphatic rings. The molecule has 3 unspecified atom stereocenters. The van der Waals surface area contributed by atoms with Gasteiger partial charge in [0.25, 0.3) is 0 Å². The van der Waals surface area contributed by atoms with Crippen LogP contribution in [0.1, 0.15) is 61.6 Å². The molecule has 0 aromatic heterocycles. The minimum atomic E-state index is -6.12. The second-order valence-corrected chi connectivity index (χ2v) is 9.57. The van der Waals surface area contributed by atoms with Crippen molar-refractivity contribution < 1.29 is 35.5 Å². The number of nitrogens with zero attached hydrogens (tertiary/aromatic N) is 1. The molecule has 1 saturated carbocycles. The van der Waals surface area contributed by atoms with E-state index in [0.717, 1.165) is 32.0 Å². The normalized spacial score (nSPS) is 27.2. The number of amides is 1. The van der Waals surface area contributed by atoms with Crippen LogP contribution in [0.25, 0.3) is 0 Å². The number of likely N-dealkylation sites (tertiary alicyclic amines) is 1. The molecule has 178 valence electrons. The molecule has 4 rings (SSSR count). The number of piperidine rings is 1. The van der Waals surface area contributed by atoms with Gasteiger partial charge in [-0.3, -0.25) is 4.79 Å². The molecule has 0 spiro atoms. The lowest BCUT2D eigenvalue weighted by Gasteiger charge is -2.36. The molecule has 0 bridgehead atoms. The Hall–Kier alpha value is -1.80. The van der Waals surface area contributed by atoms with E-state index < -0.39 is 23.6 Å². The first-order valence-electron chi connectivity index (χ1n) is 11.1. The number of halogens is 7. The van der Waals surface area contributed by atoms with Crippen molar-refractivity contribution in [3.05, 3.63) is 34.9 Å². The summed E-state index contributed by atoms with van der Waals surface area (Å²) >= 11 is 0. The van der Waals surface area contributed by atoms with Crippen LogP contribution in [0.15, 0.2) is 18.2 Å². The Bertz CT molecular complexity index is 856. The lowest BCUT2D eigenvalue weighted by Crippen LogP contribution is -2.50. The summed E-state index contributed by atoms with van der Waals surface area (Å²) in [5.74, 6) is 0.437. The van der Waals surface area contributed by atoms with E-state index in [0.29, 0.717) is 42.4 Å². The van der Waals surface area contributed by atoms with Gasteiger partial charge in [0.05, 0.1) is 0 Å². The lowest BCUT2D eigenvalue weighted by atomic mass is 9.73. The van der Waals surface area contributed by atoms with Crippen molar-refractivity contribution in [1.29, 1.82) is 0 Å². The number of alkyl halides is 7. The number of hydrogen-bond donors (Lipinski definition) is 0. The SMILES string of the molecule is CC1CCN(C(=O)C2CCC3c4ccc(C(F)(C(F)(F)F)C(F)(F)F)cc4CCC23)CC1. The molecule has 2 aliphatic carbocycles. The Labute approximate surface area is 182 Å². The molecule has 32 heavy (non-hydrogen) atoms. The summed E-state index contributed by atoms with van der Waals surface area (Å²) in [6.07, 6.45) is -8.28. The molecule has 2 nitrogen and oxygen atoms in total. The molecule has 2 fully saturated rings. The van der Waals surface area contributed by atoms with Gasteiger partial charge in [0.1, 0.15) is 0 Å². The third-order valence-electron chi connectivity index (χ3n) is 7.70. The molecule has 3 atom stereocenters. The summed E-state index contributed by atoms with van der Waals surface area (Å²) in [6.45, 7) is 3.60. The molecule has 1 aliphatic heterocycles. The van der Waals surface area contributed by atoms with E-state index in [4.69, 9.17) is 0 Å². The Morgan fingerprint density at radius 3 is 2.12 bits per heavy atom. The van der Waals surface area contributed by atoms with Crippen LogP contribution >= 0.6 is 0 Å². The largest absolute Gasteiger partial charge is 0.435 e. The number of hydrogen-bond acceptors (Lipinski definition) is 1. The van der Waals surface area contributed by atoms with Gasteiger partial charge in [0.2, 0.25) is 5.91 Å². The van der Waals surface area contributed by atoms with Gasteiger partial charge in [0.15, 0.2) is 0 Å². The van der Waals surface area contributed by atoms with Crippen LogP contribution in [-0.4, -0.2) is 36.2 Å². The highest BCUT2D eigenvalue weighted by molar-refractivity contribution is 5.80. The standard InChI is InChI=1S/C23H26F7NO/c1-13-8-10-31(11-9-13)20(32)19-7-6-17-16-5-3-15(12-14(16)2-4-18(17)19)21(24,22(25,26)27)23(28,29)30/h3,5,12-13,17-19H,2,4,6-11H2,1H3. The summed E-state index contributed by atoms with van der Waals surface area (Å²) in [5, 5.41) is 0. The molecule has 1 heterocycles. The predicted octanol–water partition coefficient (Wildman–Crippen LogP) is 6.29. The first kappa shape index (κ1) is 23.4. The highest BCUT2D eigenvalue weighted by atomic mass is 19.4. The Morgan fingerprint density at radius 1 is 0.906 bits per heavy atom. The molecular weight excluding hydrogens is 439 g/mol. The third-order valence-corrected chi connectivity index (χ3v) is 7.70. The first-order chi connectivity index (χ1) is 14.8. The maximum absolute atomic E-state index is 14.5. The highest BCUT2D eigenvalue weighted by Gasteiger charge is 2.73. The van der Waals surface area contributed by atoms with Gasteiger partial charge in [-0.25, -0.2) is 4.39 Å². The van der Waals surface area contributed by atoms with Crippen LogP contribution in [0.5, 0.6) is 0 Å². The summed E-state index contributed by atoms with van der Waals surface area (Å²) in [5.41, 5.74) is -5.87. The minimum Gasteiger partial charge on any atom is -0.342 e. The van der Waals surface area contributed by atoms with Crippen molar-refractivity contribution in [3.63, 3.8) is 0 Å². The summed E-state index contributed by atoms with van der Waals surface area (Å²) < 4.78 is 93.3. The summed E-state index contributed by atoms with van der Waals surface area (Å²) in [7, 11) is 0. The zero-order valence-corrected chi connectivity index (χ0v) is 17.7. The number of carbonyl (C=O) groups excluding carboxylic acids is 1. The molecule has 0 radical (unpaired) electrons. The Kier molecular flexibility index (Phi) is 5.77. The van der Waals surface area contributed by atoms with E-state index >= 15 is 0 Å². The van der Waals surface area contributed by atoms with Crippen LogP contribution in [0, 0.1) is 17.8 Å². The van der Waals surface area contributed by atoms with Crippen molar-refractivity contribution in [2.45, 2.75) is 69.4 Å². The number of rotatable bonds is 2. The van der Waals surface area contributed by atoms with Gasteiger partial charge >= 0.3 is 18.0 Å². The quantitative estimate of drug-likeness (QED) is 0.470. The maximum atomic E-state index is 14.5. The van der Waals surface area contributed by atoms with Gasteiger partial charge in [0, 0.05) is 24.6 Å². The molecule has 1 aromatic carbocycles. The van der Waals surface area contributed by atoms with Crippen LogP contribution in [0.2, 0.25) is 0 Å². The third kappa shape index (κ3) is 3.69. The fourth-order valence-electron chi connectivity index (χ4n) is 5.83. The van der Waals surface area contributed by atoms with Gasteiger partial charge < -0.3 is 4.90 Å². The average molecular weight is 465 g/mol. The Balaban J connectivity index is 1.58. The van der Waals surface area contributed by atoms with E-state index in [-0.39, 0.29) is 30.1 Å². The van der Waals surface area contributed by atoms with Crippen LogP contribution in [0.3, 0.4) is 0 Å². The van der Waals surface area contributed by atoms with E-state index in [1.165, 1.54) is 6.07 Å². The van der Waals surface area contributed by atoms with Crippen molar-refractivity contribution in [2.24, 2.45) is 17.8 Å². The van der Waals surface area contributed by atoms with Gasteiger partial charge in [-0.15, -0.1) is 0 Å².